The summed E-state index contributed by atoms with van der Waals surface area (Å²) in [6, 6.07) is 12.6. The molecule has 1 amide bonds. The molecule has 0 saturated carbocycles. The van der Waals surface area contributed by atoms with Crippen LogP contribution in [0.25, 0.3) is 6.08 Å². The lowest BCUT2D eigenvalue weighted by Crippen LogP contribution is -2.13. The van der Waals surface area contributed by atoms with E-state index in [1.54, 1.807) is 24.3 Å². The number of thioether (sulfide) groups is 1. The van der Waals surface area contributed by atoms with Crippen molar-refractivity contribution in [2.75, 3.05) is 12.4 Å². The average Bonchev–Trinajstić information content (AvgIpc) is 3.18. The molecule has 0 fully saturated rings. The number of methoxy groups -OCH3 is 1. The number of nitrogens with one attached hydrogen (secondary N) is 1. The van der Waals surface area contributed by atoms with E-state index in [1.165, 1.54) is 31.9 Å². The van der Waals surface area contributed by atoms with Crippen LogP contribution in [0.2, 0.25) is 5.02 Å². The molecule has 3 aromatic rings. The molecule has 33 heavy (non-hydrogen) atoms. The summed E-state index contributed by atoms with van der Waals surface area (Å²) in [5.74, 6) is 0.888. The summed E-state index contributed by atoms with van der Waals surface area (Å²) in [6.07, 6.45) is 3.00. The van der Waals surface area contributed by atoms with Gasteiger partial charge in [-0.2, -0.15) is 0 Å². The highest BCUT2D eigenvalue weighted by Gasteiger charge is 2.14. The van der Waals surface area contributed by atoms with Gasteiger partial charge in [-0.05, 0) is 42.3 Å². The second-order valence-electron chi connectivity index (χ2n) is 6.76. The minimum atomic E-state index is -0.444. The zero-order chi connectivity index (χ0) is 23.8. The van der Waals surface area contributed by atoms with Crippen LogP contribution in [0.1, 0.15) is 25.0 Å². The Bertz CT molecular complexity index is 1180. The van der Waals surface area contributed by atoms with Gasteiger partial charge >= 0.3 is 5.97 Å². The normalized spacial score (nSPS) is 10.9. The van der Waals surface area contributed by atoms with E-state index in [1.807, 2.05) is 35.8 Å². The number of esters is 1. The minimum Gasteiger partial charge on any atom is -0.493 e. The first kappa shape index (κ1) is 24.3. The monoisotopic (exact) mass is 486 g/mol. The van der Waals surface area contributed by atoms with E-state index in [2.05, 4.69) is 15.5 Å². The number of benzene rings is 2. The Balaban J connectivity index is 1.66. The van der Waals surface area contributed by atoms with Gasteiger partial charge in [-0.3, -0.25) is 19.5 Å². The maximum atomic E-state index is 12.5. The maximum absolute atomic E-state index is 12.5. The molecule has 3 rings (SSSR count). The molecule has 0 unspecified atom stereocenters. The van der Waals surface area contributed by atoms with Crippen molar-refractivity contribution in [1.82, 2.24) is 14.8 Å². The van der Waals surface area contributed by atoms with Gasteiger partial charge in [0.25, 0.3) is 5.91 Å². The van der Waals surface area contributed by atoms with Gasteiger partial charge in [0.1, 0.15) is 0 Å². The Morgan fingerprint density at radius 2 is 1.97 bits per heavy atom. The molecule has 1 N–H and O–H groups in total. The smallest absolute Gasteiger partial charge is 0.308 e. The third-order valence-electron chi connectivity index (χ3n) is 4.45. The second kappa shape index (κ2) is 11.5. The van der Waals surface area contributed by atoms with Gasteiger partial charge in [0.15, 0.2) is 16.7 Å². The van der Waals surface area contributed by atoms with Crippen LogP contribution in [0, 0.1) is 0 Å². The predicted octanol–water partition coefficient (Wildman–Crippen LogP) is 4.83. The molecule has 0 radical (unpaired) electrons. The van der Waals surface area contributed by atoms with Crippen LogP contribution in [-0.4, -0.2) is 33.8 Å². The average molecular weight is 487 g/mol. The summed E-state index contributed by atoms with van der Waals surface area (Å²) in [5.41, 5.74) is 1.70. The van der Waals surface area contributed by atoms with Crippen LogP contribution in [-0.2, 0) is 21.9 Å². The van der Waals surface area contributed by atoms with Gasteiger partial charge in [0.2, 0.25) is 5.95 Å². The molecule has 2 aromatic carbocycles. The van der Waals surface area contributed by atoms with Crippen LogP contribution in [0.15, 0.2) is 53.7 Å². The van der Waals surface area contributed by atoms with Crippen LogP contribution >= 0.6 is 23.4 Å². The molecule has 0 atom stereocenters. The van der Waals surface area contributed by atoms with Crippen LogP contribution < -0.4 is 14.8 Å². The molecule has 0 aliphatic heterocycles. The molecule has 0 spiro atoms. The highest BCUT2D eigenvalue weighted by molar-refractivity contribution is 7.98. The number of aromatic nitrogens is 3. The number of amides is 1. The SMILES string of the molecule is CCn1c(NC(=O)/C=C/c2ccc(OC(C)=O)c(OC)c2)nnc1SCc1ccccc1Cl. The lowest BCUT2D eigenvalue weighted by molar-refractivity contribution is -0.132. The Kier molecular flexibility index (Phi) is 8.51. The predicted molar refractivity (Wildman–Crippen MR) is 129 cm³/mol. The van der Waals surface area contributed by atoms with Crippen molar-refractivity contribution in [3.63, 3.8) is 0 Å². The lowest BCUT2D eigenvalue weighted by atomic mass is 10.2. The van der Waals surface area contributed by atoms with Crippen LogP contribution in [0.3, 0.4) is 0 Å². The minimum absolute atomic E-state index is 0.310. The molecule has 172 valence electrons. The van der Waals surface area contributed by atoms with Crippen molar-refractivity contribution in [1.29, 1.82) is 0 Å². The number of carbonyl (C=O) groups excluding carboxylic acids is 2. The van der Waals surface area contributed by atoms with E-state index >= 15 is 0 Å². The fourth-order valence-electron chi connectivity index (χ4n) is 2.88. The van der Waals surface area contributed by atoms with Gasteiger partial charge in [-0.1, -0.05) is 47.6 Å². The summed E-state index contributed by atoms with van der Waals surface area (Å²) in [5, 5.41) is 12.4. The number of carbonyl (C=O) groups is 2. The van der Waals surface area contributed by atoms with E-state index in [4.69, 9.17) is 21.1 Å². The van der Waals surface area contributed by atoms with Gasteiger partial charge in [-0.25, -0.2) is 0 Å². The largest absolute Gasteiger partial charge is 0.493 e. The third kappa shape index (κ3) is 6.59. The Morgan fingerprint density at radius 3 is 2.67 bits per heavy atom. The number of hydrogen-bond acceptors (Lipinski definition) is 7. The van der Waals surface area contributed by atoms with Crippen molar-refractivity contribution in [2.24, 2.45) is 0 Å². The summed E-state index contributed by atoms with van der Waals surface area (Å²) < 4.78 is 12.1. The number of halogens is 1. The lowest BCUT2D eigenvalue weighted by Gasteiger charge is -2.09. The number of hydrogen-bond donors (Lipinski definition) is 1. The maximum Gasteiger partial charge on any atom is 0.308 e. The second-order valence-corrected chi connectivity index (χ2v) is 8.11. The molecular weight excluding hydrogens is 464 g/mol. The molecule has 0 saturated heterocycles. The van der Waals surface area contributed by atoms with Gasteiger partial charge < -0.3 is 9.47 Å². The Labute approximate surface area is 200 Å². The molecule has 0 aliphatic carbocycles. The van der Waals surface area contributed by atoms with Crippen molar-refractivity contribution in [2.45, 2.75) is 31.3 Å². The molecular formula is C23H23ClN4O4S. The first-order valence-corrected chi connectivity index (χ1v) is 11.4. The molecule has 10 heteroatoms. The van der Waals surface area contributed by atoms with Gasteiger partial charge in [0.05, 0.1) is 7.11 Å². The zero-order valence-electron chi connectivity index (χ0n) is 18.4. The number of anilines is 1. The highest BCUT2D eigenvalue weighted by Crippen LogP contribution is 2.29. The number of ether oxygens (including phenoxy) is 2. The number of nitrogens with zero attached hydrogens (tertiary/aromatic N) is 3. The van der Waals surface area contributed by atoms with Crippen molar-refractivity contribution in [3.05, 3.63) is 64.7 Å². The van der Waals surface area contributed by atoms with Crippen molar-refractivity contribution < 1.29 is 19.1 Å². The van der Waals surface area contributed by atoms with E-state index in [9.17, 15) is 9.59 Å². The molecule has 1 heterocycles. The summed E-state index contributed by atoms with van der Waals surface area (Å²) in [6.45, 7) is 3.85. The Morgan fingerprint density at radius 1 is 1.18 bits per heavy atom. The van der Waals surface area contributed by atoms with E-state index < -0.39 is 5.97 Å². The molecule has 8 nitrogen and oxygen atoms in total. The Hall–Kier alpha value is -3.30. The summed E-state index contributed by atoms with van der Waals surface area (Å²) in [4.78, 5) is 23.6. The quantitative estimate of drug-likeness (QED) is 0.200. The summed E-state index contributed by atoms with van der Waals surface area (Å²) in [7, 11) is 1.47. The highest BCUT2D eigenvalue weighted by atomic mass is 35.5. The summed E-state index contributed by atoms with van der Waals surface area (Å²) >= 11 is 7.72. The van der Waals surface area contributed by atoms with Crippen molar-refractivity contribution in [3.8, 4) is 11.5 Å². The first-order valence-electron chi connectivity index (χ1n) is 10.1. The van der Waals surface area contributed by atoms with Crippen molar-refractivity contribution >= 4 is 47.3 Å². The van der Waals surface area contributed by atoms with E-state index in [0.29, 0.717) is 45.5 Å². The third-order valence-corrected chi connectivity index (χ3v) is 5.84. The zero-order valence-corrected chi connectivity index (χ0v) is 19.9. The fourth-order valence-corrected chi connectivity index (χ4v) is 4.17. The fraction of sp³-hybridized carbons (Fsp3) is 0.217. The van der Waals surface area contributed by atoms with Crippen LogP contribution in [0.5, 0.6) is 11.5 Å². The van der Waals surface area contributed by atoms with Crippen LogP contribution in [0.4, 0.5) is 5.95 Å². The van der Waals surface area contributed by atoms with E-state index in [-0.39, 0.29) is 5.91 Å². The van der Waals surface area contributed by atoms with E-state index in [0.717, 1.165) is 5.56 Å². The van der Waals surface area contributed by atoms with Gasteiger partial charge in [-0.15, -0.1) is 10.2 Å². The topological polar surface area (TPSA) is 95.3 Å². The standard InChI is InChI=1S/C23H23ClN4O4S/c1-4-28-22(26-27-23(28)33-14-17-7-5-6-8-18(17)24)25-21(30)12-10-16-9-11-19(32-15(2)29)20(13-16)31-3/h5-13H,4,14H2,1-3H3,(H,25,26,30)/b12-10+. The van der Waals surface area contributed by atoms with Gasteiger partial charge in [0, 0.05) is 30.3 Å². The number of rotatable bonds is 9. The first-order chi connectivity index (χ1) is 15.9. The molecule has 0 aliphatic rings. The molecule has 0 bridgehead atoms. The molecule has 1 aromatic heterocycles.